The van der Waals surface area contributed by atoms with E-state index in [1.165, 1.54) is 5.01 Å². The second kappa shape index (κ2) is 8.71. The van der Waals surface area contributed by atoms with Gasteiger partial charge in [0.15, 0.2) is 0 Å². The van der Waals surface area contributed by atoms with Gasteiger partial charge in [0.1, 0.15) is 6.61 Å². The Kier molecular flexibility index (Phi) is 6.61. The van der Waals surface area contributed by atoms with E-state index in [-0.39, 0.29) is 17.9 Å². The third-order valence-electron chi connectivity index (χ3n) is 3.79. The molecule has 2 aromatic rings. The largest absolute Gasteiger partial charge is 0.443 e. The van der Waals surface area contributed by atoms with E-state index in [1.54, 1.807) is 0 Å². The first kappa shape index (κ1) is 20.5. The van der Waals surface area contributed by atoms with Crippen molar-refractivity contribution in [1.82, 2.24) is 10.4 Å². The SMILES string of the molecule is Cc1cc(C)cc(C(=O)N(CC(C)(C)C)NC(=O)OCc2ccccc2)c1. The molecular formula is C22H28N2O3. The van der Waals surface area contributed by atoms with Crippen molar-refractivity contribution in [2.24, 2.45) is 5.41 Å². The topological polar surface area (TPSA) is 58.6 Å². The third kappa shape index (κ3) is 6.77. The van der Waals surface area contributed by atoms with Crippen molar-refractivity contribution in [2.75, 3.05) is 6.54 Å². The van der Waals surface area contributed by atoms with E-state index >= 15 is 0 Å². The number of hydrazine groups is 1. The molecule has 1 N–H and O–H groups in total. The normalized spacial score (nSPS) is 11.0. The first-order valence-electron chi connectivity index (χ1n) is 9.01. The van der Waals surface area contributed by atoms with Gasteiger partial charge in [0.2, 0.25) is 0 Å². The highest BCUT2D eigenvalue weighted by Crippen LogP contribution is 2.17. The third-order valence-corrected chi connectivity index (χ3v) is 3.79. The zero-order valence-electron chi connectivity index (χ0n) is 16.7. The highest BCUT2D eigenvalue weighted by Gasteiger charge is 2.24. The lowest BCUT2D eigenvalue weighted by Crippen LogP contribution is -2.49. The number of carbonyl (C=O) groups excluding carboxylic acids is 2. The van der Waals surface area contributed by atoms with Gasteiger partial charge in [0, 0.05) is 12.1 Å². The Labute approximate surface area is 161 Å². The Morgan fingerprint density at radius 3 is 2.15 bits per heavy atom. The van der Waals surface area contributed by atoms with Crippen LogP contribution in [0.5, 0.6) is 0 Å². The predicted octanol–water partition coefficient (Wildman–Crippen LogP) is 4.63. The zero-order chi connectivity index (χ0) is 20.0. The van der Waals surface area contributed by atoms with E-state index in [0.29, 0.717) is 12.1 Å². The summed E-state index contributed by atoms with van der Waals surface area (Å²) in [7, 11) is 0. The summed E-state index contributed by atoms with van der Waals surface area (Å²) in [6.07, 6.45) is -0.652. The van der Waals surface area contributed by atoms with Crippen molar-refractivity contribution >= 4 is 12.0 Å². The van der Waals surface area contributed by atoms with Crippen molar-refractivity contribution in [2.45, 2.75) is 41.2 Å². The standard InChI is InChI=1S/C22H28N2O3/c1-16-11-17(2)13-19(12-16)20(25)24(15-22(3,4)5)23-21(26)27-14-18-9-7-6-8-10-18/h6-13H,14-15H2,1-5H3,(H,23,26). The van der Waals surface area contributed by atoms with E-state index in [0.717, 1.165) is 16.7 Å². The molecule has 0 aromatic heterocycles. The molecule has 144 valence electrons. The molecule has 0 aliphatic heterocycles. The summed E-state index contributed by atoms with van der Waals surface area (Å²) in [5.74, 6) is -0.256. The first-order chi connectivity index (χ1) is 12.6. The molecule has 0 aliphatic rings. The van der Waals surface area contributed by atoms with Crippen molar-refractivity contribution in [3.63, 3.8) is 0 Å². The van der Waals surface area contributed by atoms with Crippen molar-refractivity contribution in [3.8, 4) is 0 Å². The number of hydrogen-bond acceptors (Lipinski definition) is 3. The van der Waals surface area contributed by atoms with E-state index in [1.807, 2.05) is 83.1 Å². The number of nitrogens with zero attached hydrogens (tertiary/aromatic N) is 1. The quantitative estimate of drug-likeness (QED) is 0.800. The lowest BCUT2D eigenvalue weighted by atomic mass is 9.96. The minimum atomic E-state index is -0.652. The number of ether oxygens (including phenoxy) is 1. The summed E-state index contributed by atoms with van der Waals surface area (Å²) in [6.45, 7) is 10.4. The van der Waals surface area contributed by atoms with Crippen LogP contribution in [0, 0.1) is 19.3 Å². The van der Waals surface area contributed by atoms with Gasteiger partial charge in [-0.2, -0.15) is 0 Å². The van der Waals surface area contributed by atoms with Crippen LogP contribution in [-0.4, -0.2) is 23.6 Å². The maximum Gasteiger partial charge on any atom is 0.426 e. The molecule has 2 rings (SSSR count). The fourth-order valence-corrected chi connectivity index (χ4v) is 2.76. The monoisotopic (exact) mass is 368 g/mol. The number of hydrogen-bond donors (Lipinski definition) is 1. The van der Waals surface area contributed by atoms with Gasteiger partial charge in [-0.25, -0.2) is 15.2 Å². The minimum Gasteiger partial charge on any atom is -0.443 e. The summed E-state index contributed by atoms with van der Waals surface area (Å²) in [5.41, 5.74) is 5.84. The van der Waals surface area contributed by atoms with Crippen molar-refractivity contribution in [3.05, 3.63) is 70.8 Å². The predicted molar refractivity (Wildman–Crippen MR) is 106 cm³/mol. The summed E-state index contributed by atoms with van der Waals surface area (Å²) >= 11 is 0. The van der Waals surface area contributed by atoms with Gasteiger partial charge in [0.25, 0.3) is 5.91 Å². The number of benzene rings is 2. The van der Waals surface area contributed by atoms with Gasteiger partial charge in [-0.3, -0.25) is 4.79 Å². The fraction of sp³-hybridized carbons (Fsp3) is 0.364. The van der Waals surface area contributed by atoms with Crippen LogP contribution >= 0.6 is 0 Å². The van der Waals surface area contributed by atoms with Crippen LogP contribution in [0.25, 0.3) is 0 Å². The Balaban J connectivity index is 2.11. The number of amides is 2. The van der Waals surface area contributed by atoms with E-state index < -0.39 is 6.09 Å². The number of aryl methyl sites for hydroxylation is 2. The Bertz CT molecular complexity index is 775. The maximum atomic E-state index is 13.0. The summed E-state index contributed by atoms with van der Waals surface area (Å²) in [6, 6.07) is 15.1. The zero-order valence-corrected chi connectivity index (χ0v) is 16.7. The van der Waals surface area contributed by atoms with Crippen LogP contribution in [0.15, 0.2) is 48.5 Å². The first-order valence-corrected chi connectivity index (χ1v) is 9.01. The van der Waals surface area contributed by atoms with Gasteiger partial charge >= 0.3 is 6.09 Å². The van der Waals surface area contributed by atoms with Gasteiger partial charge in [-0.1, -0.05) is 68.3 Å². The molecule has 5 heteroatoms. The van der Waals surface area contributed by atoms with E-state index in [2.05, 4.69) is 5.43 Å². The lowest BCUT2D eigenvalue weighted by molar-refractivity contribution is 0.0510. The molecular weight excluding hydrogens is 340 g/mol. The minimum absolute atomic E-state index is 0.147. The van der Waals surface area contributed by atoms with E-state index in [9.17, 15) is 9.59 Å². The molecule has 2 amide bonds. The number of nitrogens with one attached hydrogen (secondary N) is 1. The smallest absolute Gasteiger partial charge is 0.426 e. The molecule has 0 saturated carbocycles. The molecule has 0 radical (unpaired) electrons. The number of rotatable bonds is 4. The molecule has 5 nitrogen and oxygen atoms in total. The molecule has 0 heterocycles. The second-order valence-corrected chi connectivity index (χ2v) is 8.00. The summed E-state index contributed by atoms with van der Waals surface area (Å²) < 4.78 is 5.26. The molecule has 0 bridgehead atoms. The van der Waals surface area contributed by atoms with Crippen molar-refractivity contribution < 1.29 is 14.3 Å². The molecule has 0 saturated heterocycles. The van der Waals surface area contributed by atoms with Crippen LogP contribution in [-0.2, 0) is 11.3 Å². The fourth-order valence-electron chi connectivity index (χ4n) is 2.76. The van der Waals surface area contributed by atoms with E-state index in [4.69, 9.17) is 4.74 Å². The maximum absolute atomic E-state index is 13.0. The molecule has 27 heavy (non-hydrogen) atoms. The van der Waals surface area contributed by atoms with Crippen LogP contribution in [0.4, 0.5) is 4.79 Å². The van der Waals surface area contributed by atoms with Crippen LogP contribution in [0.3, 0.4) is 0 Å². The lowest BCUT2D eigenvalue weighted by Gasteiger charge is -2.30. The van der Waals surface area contributed by atoms with Crippen LogP contribution in [0.2, 0.25) is 0 Å². The highest BCUT2D eigenvalue weighted by atomic mass is 16.6. The second-order valence-electron chi connectivity index (χ2n) is 8.00. The van der Waals surface area contributed by atoms with Gasteiger partial charge < -0.3 is 4.74 Å². The molecule has 0 aliphatic carbocycles. The molecule has 0 unspecified atom stereocenters. The average Bonchev–Trinajstić information content (AvgIpc) is 2.57. The summed E-state index contributed by atoms with van der Waals surface area (Å²) in [5, 5.41) is 1.33. The van der Waals surface area contributed by atoms with Crippen LogP contribution in [0.1, 0.15) is 47.8 Å². The molecule has 0 spiro atoms. The van der Waals surface area contributed by atoms with Crippen molar-refractivity contribution in [1.29, 1.82) is 0 Å². The Morgan fingerprint density at radius 1 is 1.00 bits per heavy atom. The molecule has 0 fully saturated rings. The molecule has 0 atom stereocenters. The highest BCUT2D eigenvalue weighted by molar-refractivity contribution is 5.95. The Hall–Kier alpha value is -2.82. The van der Waals surface area contributed by atoms with Crippen LogP contribution < -0.4 is 5.43 Å². The Morgan fingerprint density at radius 2 is 1.59 bits per heavy atom. The molecule has 2 aromatic carbocycles. The summed E-state index contributed by atoms with van der Waals surface area (Å²) in [4.78, 5) is 25.2. The van der Waals surface area contributed by atoms with Gasteiger partial charge in [0.05, 0.1) is 0 Å². The number of carbonyl (C=O) groups is 2. The van der Waals surface area contributed by atoms with Gasteiger partial charge in [-0.15, -0.1) is 0 Å². The van der Waals surface area contributed by atoms with Gasteiger partial charge in [-0.05, 0) is 37.0 Å². The average molecular weight is 368 g/mol.